The van der Waals surface area contributed by atoms with Crippen LogP contribution in [0.25, 0.3) is 0 Å². The van der Waals surface area contributed by atoms with E-state index < -0.39 is 17.5 Å². The highest BCUT2D eigenvalue weighted by atomic mass is 19.4. The lowest BCUT2D eigenvalue weighted by Gasteiger charge is -2.07. The Hall–Kier alpha value is -1.63. The molecule has 18 heavy (non-hydrogen) atoms. The maximum atomic E-state index is 11.8. The number of nitrogens with zero attached hydrogens (tertiary/aromatic N) is 1. The van der Waals surface area contributed by atoms with E-state index in [0.29, 0.717) is 12.0 Å². The van der Waals surface area contributed by atoms with Crippen molar-refractivity contribution in [2.45, 2.75) is 19.0 Å². The van der Waals surface area contributed by atoms with E-state index >= 15 is 0 Å². The Morgan fingerprint density at radius 3 is 2.50 bits per heavy atom. The van der Waals surface area contributed by atoms with Crippen LogP contribution in [0.4, 0.5) is 18.9 Å². The molecule has 1 N–H and O–H groups in total. The first-order valence-electron chi connectivity index (χ1n) is 5.40. The molecule has 0 aliphatic heterocycles. The highest BCUT2D eigenvalue weighted by Gasteiger charge is 2.25. The summed E-state index contributed by atoms with van der Waals surface area (Å²) in [6, 6.07) is 6.20. The molecule has 1 aromatic rings. The Kier molecular flexibility index (Phi) is 5.08. The zero-order chi connectivity index (χ0) is 13.6. The fourth-order valence-corrected chi connectivity index (χ4v) is 1.48. The van der Waals surface area contributed by atoms with Crippen molar-refractivity contribution in [2.75, 3.05) is 13.1 Å². The van der Waals surface area contributed by atoms with Crippen molar-refractivity contribution in [2.24, 2.45) is 0 Å². The molecule has 0 atom stereocenters. The number of halogens is 3. The van der Waals surface area contributed by atoms with Crippen molar-refractivity contribution < 1.29 is 18.1 Å². The third-order valence-corrected chi connectivity index (χ3v) is 2.34. The summed E-state index contributed by atoms with van der Waals surface area (Å²) in [6.45, 7) is 0.102. The van der Waals surface area contributed by atoms with E-state index in [0.717, 1.165) is 0 Å². The minimum atomic E-state index is -4.17. The van der Waals surface area contributed by atoms with Crippen LogP contribution in [0, 0.1) is 10.1 Å². The molecular weight excluding hydrogens is 249 g/mol. The summed E-state index contributed by atoms with van der Waals surface area (Å²) in [5, 5.41) is 13.3. The van der Waals surface area contributed by atoms with Crippen LogP contribution < -0.4 is 5.32 Å². The topological polar surface area (TPSA) is 55.2 Å². The van der Waals surface area contributed by atoms with Crippen LogP contribution in [0.2, 0.25) is 0 Å². The lowest BCUT2D eigenvalue weighted by atomic mass is 10.1. The molecule has 0 saturated heterocycles. The van der Waals surface area contributed by atoms with Gasteiger partial charge in [0.15, 0.2) is 0 Å². The summed E-state index contributed by atoms with van der Waals surface area (Å²) < 4.78 is 35.5. The van der Waals surface area contributed by atoms with E-state index in [1.54, 1.807) is 18.2 Å². The molecule has 0 aliphatic carbocycles. The lowest BCUT2D eigenvalue weighted by Crippen LogP contribution is -2.23. The molecule has 1 rings (SSSR count). The number of nitro groups is 1. The third kappa shape index (κ3) is 5.13. The number of nitrogens with one attached hydrogen (secondary N) is 1. The predicted molar refractivity (Wildman–Crippen MR) is 60.3 cm³/mol. The average molecular weight is 262 g/mol. The minimum Gasteiger partial charge on any atom is -0.316 e. The Labute approximate surface area is 102 Å². The molecule has 0 saturated carbocycles. The van der Waals surface area contributed by atoms with E-state index in [9.17, 15) is 23.3 Å². The van der Waals surface area contributed by atoms with Crippen molar-refractivity contribution in [3.05, 3.63) is 39.9 Å². The fraction of sp³-hybridized carbons (Fsp3) is 0.455. The first-order chi connectivity index (χ1) is 8.40. The number of alkyl halides is 3. The number of hydrogen-bond acceptors (Lipinski definition) is 3. The Morgan fingerprint density at radius 2 is 1.89 bits per heavy atom. The van der Waals surface area contributed by atoms with Gasteiger partial charge in [0, 0.05) is 18.2 Å². The molecule has 0 aromatic heterocycles. The zero-order valence-electron chi connectivity index (χ0n) is 9.54. The largest absolute Gasteiger partial charge is 0.390 e. The van der Waals surface area contributed by atoms with Gasteiger partial charge in [0.25, 0.3) is 5.69 Å². The second-order valence-electron chi connectivity index (χ2n) is 3.75. The van der Waals surface area contributed by atoms with Gasteiger partial charge in [0.1, 0.15) is 0 Å². The van der Waals surface area contributed by atoms with Crippen molar-refractivity contribution in [3.63, 3.8) is 0 Å². The maximum absolute atomic E-state index is 11.8. The summed E-state index contributed by atoms with van der Waals surface area (Å²) in [5.74, 6) is 0. The molecule has 0 unspecified atom stereocenters. The van der Waals surface area contributed by atoms with E-state index in [1.165, 1.54) is 6.07 Å². The van der Waals surface area contributed by atoms with Crippen LogP contribution >= 0.6 is 0 Å². The fourth-order valence-electron chi connectivity index (χ4n) is 1.48. The summed E-state index contributed by atoms with van der Waals surface area (Å²) in [6.07, 6.45) is -4.75. The van der Waals surface area contributed by atoms with Crippen LogP contribution in [0.1, 0.15) is 12.0 Å². The van der Waals surface area contributed by atoms with Gasteiger partial charge in [-0.25, -0.2) is 0 Å². The molecule has 4 nitrogen and oxygen atoms in total. The highest BCUT2D eigenvalue weighted by Crippen LogP contribution is 2.19. The van der Waals surface area contributed by atoms with Gasteiger partial charge in [0.2, 0.25) is 0 Å². The van der Waals surface area contributed by atoms with Crippen LogP contribution in [0.15, 0.2) is 24.3 Å². The second-order valence-corrected chi connectivity index (χ2v) is 3.75. The molecule has 0 bridgehead atoms. The maximum Gasteiger partial charge on any atom is 0.390 e. The highest BCUT2D eigenvalue weighted by molar-refractivity contribution is 5.39. The van der Waals surface area contributed by atoms with Crippen molar-refractivity contribution >= 4 is 5.69 Å². The Bertz CT molecular complexity index is 408. The van der Waals surface area contributed by atoms with Gasteiger partial charge in [-0.05, 0) is 13.0 Å². The number of para-hydroxylation sites is 1. The molecule has 0 heterocycles. The molecule has 0 amide bonds. The monoisotopic (exact) mass is 262 g/mol. The molecule has 0 radical (unpaired) electrons. The predicted octanol–water partition coefficient (Wildman–Crippen LogP) is 2.68. The molecule has 0 aliphatic rings. The van der Waals surface area contributed by atoms with Gasteiger partial charge >= 0.3 is 6.18 Å². The first-order valence-corrected chi connectivity index (χ1v) is 5.40. The van der Waals surface area contributed by atoms with Crippen LogP contribution in [-0.4, -0.2) is 24.2 Å². The number of rotatable bonds is 6. The van der Waals surface area contributed by atoms with Gasteiger partial charge in [0.05, 0.1) is 11.3 Å². The molecule has 0 spiro atoms. The Morgan fingerprint density at radius 1 is 1.22 bits per heavy atom. The molecular formula is C11H13F3N2O2. The van der Waals surface area contributed by atoms with Crippen LogP contribution in [0.5, 0.6) is 0 Å². The van der Waals surface area contributed by atoms with Crippen LogP contribution in [0.3, 0.4) is 0 Å². The summed E-state index contributed by atoms with van der Waals surface area (Å²) in [7, 11) is 0. The number of nitro benzene ring substituents is 1. The molecule has 100 valence electrons. The van der Waals surface area contributed by atoms with E-state index in [2.05, 4.69) is 5.32 Å². The standard InChI is InChI=1S/C11H13F3N2O2/c12-11(13,14)6-8-15-7-5-9-3-1-2-4-10(9)16(17)18/h1-4,15H,5-8H2. The van der Waals surface area contributed by atoms with Crippen molar-refractivity contribution in [1.82, 2.24) is 5.32 Å². The SMILES string of the molecule is O=[N+]([O-])c1ccccc1CCNCCC(F)(F)F. The smallest absolute Gasteiger partial charge is 0.316 e. The summed E-state index contributed by atoms with van der Waals surface area (Å²) in [4.78, 5) is 10.2. The van der Waals surface area contributed by atoms with E-state index in [-0.39, 0.29) is 18.8 Å². The lowest BCUT2D eigenvalue weighted by molar-refractivity contribution is -0.385. The third-order valence-electron chi connectivity index (χ3n) is 2.34. The first kappa shape index (κ1) is 14.4. The van der Waals surface area contributed by atoms with E-state index in [4.69, 9.17) is 0 Å². The quantitative estimate of drug-likeness (QED) is 0.487. The Balaban J connectivity index is 2.38. The van der Waals surface area contributed by atoms with Crippen LogP contribution in [-0.2, 0) is 6.42 Å². The number of benzene rings is 1. The van der Waals surface area contributed by atoms with Crippen molar-refractivity contribution in [3.8, 4) is 0 Å². The normalized spacial score (nSPS) is 11.5. The summed E-state index contributed by atoms with van der Waals surface area (Å²) >= 11 is 0. The van der Waals surface area contributed by atoms with Gasteiger partial charge in [-0.2, -0.15) is 13.2 Å². The van der Waals surface area contributed by atoms with Crippen molar-refractivity contribution in [1.29, 1.82) is 0 Å². The molecule has 0 fully saturated rings. The van der Waals surface area contributed by atoms with Gasteiger partial charge in [-0.3, -0.25) is 10.1 Å². The average Bonchev–Trinajstić information content (AvgIpc) is 2.27. The number of hydrogen-bond donors (Lipinski definition) is 1. The molecule has 7 heteroatoms. The minimum absolute atomic E-state index is 0.00452. The van der Waals surface area contributed by atoms with Gasteiger partial charge < -0.3 is 5.32 Å². The second kappa shape index (κ2) is 6.34. The summed E-state index contributed by atoms with van der Waals surface area (Å²) in [5.41, 5.74) is 0.511. The van der Waals surface area contributed by atoms with Gasteiger partial charge in [-0.15, -0.1) is 0 Å². The van der Waals surface area contributed by atoms with E-state index in [1.807, 2.05) is 0 Å². The van der Waals surface area contributed by atoms with Gasteiger partial charge in [-0.1, -0.05) is 18.2 Å². The molecule has 1 aromatic carbocycles. The zero-order valence-corrected chi connectivity index (χ0v) is 9.54.